The Morgan fingerprint density at radius 2 is 2.12 bits per heavy atom. The summed E-state index contributed by atoms with van der Waals surface area (Å²) in [4.78, 5) is 39.2. The first-order chi connectivity index (χ1) is 12.3. The molecule has 0 radical (unpaired) electrons. The Labute approximate surface area is 158 Å². The number of anilines is 1. The summed E-state index contributed by atoms with van der Waals surface area (Å²) in [5.41, 5.74) is 1.05. The van der Waals surface area contributed by atoms with Crippen LogP contribution < -0.4 is 5.32 Å². The van der Waals surface area contributed by atoms with Gasteiger partial charge in [0, 0.05) is 10.9 Å². The Balaban J connectivity index is 2.02. The summed E-state index contributed by atoms with van der Waals surface area (Å²) in [6.07, 6.45) is 1.14. The number of amides is 1. The van der Waals surface area contributed by atoms with Crippen molar-refractivity contribution in [3.05, 3.63) is 44.4 Å². The molecule has 1 amide bonds. The Kier molecular flexibility index (Phi) is 6.70. The summed E-state index contributed by atoms with van der Waals surface area (Å²) in [6, 6.07) is 2.82. The fraction of sp³-hybridized carbons (Fsp3) is 0.312. The minimum atomic E-state index is -0.535. The maximum absolute atomic E-state index is 12.2. The molecule has 10 heteroatoms. The number of hydrogen-bond donors (Lipinski definition) is 1. The Hall–Kier alpha value is -2.46. The number of carbonyl (C=O) groups excluding carboxylic acids is 2. The zero-order valence-electron chi connectivity index (χ0n) is 14.4. The minimum absolute atomic E-state index is 0.0586. The van der Waals surface area contributed by atoms with Crippen molar-refractivity contribution < 1.29 is 19.2 Å². The average molecular weight is 395 g/mol. The number of esters is 1. The number of nitrogens with one attached hydrogen (secondary N) is 1. The molecule has 0 aliphatic rings. The van der Waals surface area contributed by atoms with Gasteiger partial charge in [0.25, 0.3) is 5.69 Å². The number of aryl methyl sites for hydroxylation is 1. The number of nitro groups is 1. The third kappa shape index (κ3) is 4.79. The molecule has 8 nitrogen and oxygen atoms in total. The van der Waals surface area contributed by atoms with Crippen LogP contribution in [0.5, 0.6) is 0 Å². The number of aromatic nitrogens is 1. The summed E-state index contributed by atoms with van der Waals surface area (Å²) in [5.74, 6) is -0.709. The molecular weight excluding hydrogens is 378 g/mol. The molecule has 138 valence electrons. The van der Waals surface area contributed by atoms with Gasteiger partial charge in [-0.25, -0.2) is 9.78 Å². The monoisotopic (exact) mass is 395 g/mol. The highest BCUT2D eigenvalue weighted by Gasteiger charge is 2.22. The van der Waals surface area contributed by atoms with Crippen LogP contribution in [-0.2, 0) is 9.53 Å². The molecule has 2 heterocycles. The Bertz CT molecular complexity index is 833. The quantitative estimate of drug-likeness (QED) is 0.330. The molecule has 26 heavy (non-hydrogen) atoms. The second kappa shape index (κ2) is 8.77. The van der Waals surface area contributed by atoms with Crippen LogP contribution in [0.3, 0.4) is 0 Å². The molecule has 0 spiro atoms. The molecule has 0 aromatic carbocycles. The lowest BCUT2D eigenvalue weighted by atomic mass is 10.1. The molecule has 0 aliphatic heterocycles. The summed E-state index contributed by atoms with van der Waals surface area (Å²) in [5, 5.41) is 14.3. The third-order valence-corrected chi connectivity index (χ3v) is 5.47. The van der Waals surface area contributed by atoms with Crippen molar-refractivity contribution in [3.8, 4) is 0 Å². The molecule has 2 rings (SSSR count). The number of ether oxygens (including phenoxy) is 1. The van der Waals surface area contributed by atoms with E-state index in [1.54, 1.807) is 6.92 Å². The largest absolute Gasteiger partial charge is 0.462 e. The maximum Gasteiger partial charge on any atom is 0.341 e. The molecule has 0 bridgehead atoms. The zero-order chi connectivity index (χ0) is 19.3. The van der Waals surface area contributed by atoms with Crippen molar-refractivity contribution in [1.82, 2.24) is 4.98 Å². The molecular formula is C16H17N3O5S2. The van der Waals surface area contributed by atoms with E-state index in [-0.39, 0.29) is 24.0 Å². The van der Waals surface area contributed by atoms with E-state index in [0.29, 0.717) is 15.6 Å². The second-order valence-electron chi connectivity index (χ2n) is 5.16. The molecule has 2 aromatic rings. The normalized spacial score (nSPS) is 10.4. The molecule has 0 saturated heterocycles. The maximum atomic E-state index is 12.2. The first-order valence-electron chi connectivity index (χ1n) is 7.63. The fourth-order valence-corrected chi connectivity index (χ4v) is 3.74. The van der Waals surface area contributed by atoms with Crippen molar-refractivity contribution in [2.45, 2.75) is 25.8 Å². The van der Waals surface area contributed by atoms with E-state index in [1.807, 2.05) is 13.8 Å². The van der Waals surface area contributed by atoms with Crippen molar-refractivity contribution in [2.24, 2.45) is 0 Å². The van der Waals surface area contributed by atoms with Gasteiger partial charge in [0.2, 0.25) is 5.91 Å². The predicted molar refractivity (Wildman–Crippen MR) is 100.0 cm³/mol. The summed E-state index contributed by atoms with van der Waals surface area (Å²) in [7, 11) is 0. The molecule has 0 aliphatic carbocycles. The standard InChI is InChI=1S/C16H17N3O5S2/c1-4-24-16(21)14-9(2)10(3)26-15(14)18-12(20)8-25-13-6-5-11(7-17-13)19(22)23/h5-7H,4,8H2,1-3H3,(H,18,20). The van der Waals surface area contributed by atoms with Crippen LogP contribution in [0.2, 0.25) is 0 Å². The van der Waals surface area contributed by atoms with Gasteiger partial charge in [-0.3, -0.25) is 14.9 Å². The minimum Gasteiger partial charge on any atom is -0.462 e. The Morgan fingerprint density at radius 1 is 1.38 bits per heavy atom. The van der Waals surface area contributed by atoms with Gasteiger partial charge in [-0.1, -0.05) is 11.8 Å². The zero-order valence-corrected chi connectivity index (χ0v) is 16.0. The third-order valence-electron chi connectivity index (χ3n) is 3.40. The molecule has 0 unspecified atom stereocenters. The second-order valence-corrected chi connectivity index (χ2v) is 7.38. The van der Waals surface area contributed by atoms with E-state index in [4.69, 9.17) is 4.74 Å². The van der Waals surface area contributed by atoms with Crippen LogP contribution in [0, 0.1) is 24.0 Å². The van der Waals surface area contributed by atoms with E-state index in [1.165, 1.54) is 23.5 Å². The van der Waals surface area contributed by atoms with E-state index in [2.05, 4.69) is 10.3 Å². The summed E-state index contributed by atoms with van der Waals surface area (Å²) in [6.45, 7) is 5.65. The van der Waals surface area contributed by atoms with Crippen molar-refractivity contribution in [1.29, 1.82) is 0 Å². The number of carbonyl (C=O) groups is 2. The summed E-state index contributed by atoms with van der Waals surface area (Å²) >= 11 is 2.46. The van der Waals surface area contributed by atoms with Gasteiger partial charge in [-0.2, -0.15) is 0 Å². The van der Waals surface area contributed by atoms with E-state index in [0.717, 1.165) is 28.4 Å². The summed E-state index contributed by atoms with van der Waals surface area (Å²) < 4.78 is 5.05. The van der Waals surface area contributed by atoms with Crippen LogP contribution in [-0.4, -0.2) is 34.1 Å². The van der Waals surface area contributed by atoms with E-state index < -0.39 is 10.9 Å². The molecule has 2 aromatic heterocycles. The van der Waals surface area contributed by atoms with Crippen LogP contribution in [0.1, 0.15) is 27.7 Å². The topological polar surface area (TPSA) is 111 Å². The highest BCUT2D eigenvalue weighted by Crippen LogP contribution is 2.33. The van der Waals surface area contributed by atoms with Crippen molar-refractivity contribution in [2.75, 3.05) is 17.7 Å². The van der Waals surface area contributed by atoms with Crippen LogP contribution >= 0.6 is 23.1 Å². The number of hydrogen-bond acceptors (Lipinski definition) is 8. The van der Waals surface area contributed by atoms with Gasteiger partial charge >= 0.3 is 5.97 Å². The number of nitrogens with zero attached hydrogens (tertiary/aromatic N) is 2. The average Bonchev–Trinajstić information content (AvgIpc) is 2.87. The van der Waals surface area contributed by atoms with E-state index >= 15 is 0 Å². The van der Waals surface area contributed by atoms with Gasteiger partial charge in [-0.05, 0) is 32.4 Å². The van der Waals surface area contributed by atoms with Gasteiger partial charge < -0.3 is 10.1 Å². The van der Waals surface area contributed by atoms with Crippen molar-refractivity contribution in [3.63, 3.8) is 0 Å². The molecule has 0 saturated carbocycles. The number of pyridine rings is 1. The predicted octanol–water partition coefficient (Wildman–Crippen LogP) is 3.58. The lowest BCUT2D eigenvalue weighted by Gasteiger charge is -2.07. The van der Waals surface area contributed by atoms with Gasteiger partial charge in [0.05, 0.1) is 27.9 Å². The van der Waals surface area contributed by atoms with Gasteiger partial charge in [-0.15, -0.1) is 11.3 Å². The lowest BCUT2D eigenvalue weighted by molar-refractivity contribution is -0.385. The Morgan fingerprint density at radius 3 is 2.69 bits per heavy atom. The SMILES string of the molecule is CCOC(=O)c1c(NC(=O)CSc2ccc([N+](=O)[O-])cn2)sc(C)c1C. The first kappa shape index (κ1) is 19.9. The van der Waals surface area contributed by atoms with Crippen molar-refractivity contribution >= 4 is 45.7 Å². The smallest absolute Gasteiger partial charge is 0.341 e. The van der Waals surface area contributed by atoms with E-state index in [9.17, 15) is 19.7 Å². The van der Waals surface area contributed by atoms with Crippen LogP contribution in [0.15, 0.2) is 23.4 Å². The molecule has 1 N–H and O–H groups in total. The van der Waals surface area contributed by atoms with Gasteiger partial charge in [0.15, 0.2) is 0 Å². The van der Waals surface area contributed by atoms with Crippen LogP contribution in [0.4, 0.5) is 10.7 Å². The molecule has 0 fully saturated rings. The highest BCUT2D eigenvalue weighted by molar-refractivity contribution is 7.99. The number of thioether (sulfide) groups is 1. The first-order valence-corrected chi connectivity index (χ1v) is 9.43. The van der Waals surface area contributed by atoms with Crippen LogP contribution in [0.25, 0.3) is 0 Å². The highest BCUT2D eigenvalue weighted by atomic mass is 32.2. The lowest BCUT2D eigenvalue weighted by Crippen LogP contribution is -2.16. The number of thiophene rings is 1. The van der Waals surface area contributed by atoms with Gasteiger partial charge in [0.1, 0.15) is 11.2 Å². The molecule has 0 atom stereocenters. The fourth-order valence-electron chi connectivity index (χ4n) is 2.03. The number of rotatable bonds is 7.